The molecule has 0 radical (unpaired) electrons. The molecule has 1 aliphatic heterocycles. The molecule has 1 aliphatic rings. The number of hydrogen-bond donors (Lipinski definition) is 0. The molecule has 0 spiro atoms. The normalized spacial score (nSPS) is 20.8. The molecule has 0 unspecified atom stereocenters. The second-order valence-corrected chi connectivity index (χ2v) is 6.13. The zero-order valence-corrected chi connectivity index (χ0v) is 11.9. The molecule has 0 N–H and O–H groups in total. The summed E-state index contributed by atoms with van der Waals surface area (Å²) in [5.74, 6) is 1.33. The summed E-state index contributed by atoms with van der Waals surface area (Å²) >= 11 is 1.83. The van der Waals surface area contributed by atoms with Crippen molar-refractivity contribution in [2.24, 2.45) is 0 Å². The number of thiophene rings is 1. The fourth-order valence-electron chi connectivity index (χ4n) is 2.27. The van der Waals surface area contributed by atoms with Crippen LogP contribution in [0.5, 0.6) is 0 Å². The molecule has 102 valence electrons. The maximum atomic E-state index is 5.55. The summed E-state index contributed by atoms with van der Waals surface area (Å²) in [6.07, 6.45) is 0. The standard InChI is InChI=1S/C13H17N3O2S/c1-9-3-4-11(19-9)7-16-5-6-17-8-12(16)13-14-10(2)15-18-13/h3-4,12H,5-8H2,1-2H3/t12-/m0/s1. The summed E-state index contributed by atoms with van der Waals surface area (Å²) in [6, 6.07) is 4.41. The summed E-state index contributed by atoms with van der Waals surface area (Å²) in [5.41, 5.74) is 0. The lowest BCUT2D eigenvalue weighted by Gasteiger charge is -2.32. The van der Waals surface area contributed by atoms with Gasteiger partial charge in [-0.15, -0.1) is 11.3 Å². The van der Waals surface area contributed by atoms with E-state index in [0.717, 1.165) is 19.7 Å². The molecule has 1 saturated heterocycles. The number of morpholine rings is 1. The first-order valence-corrected chi connectivity index (χ1v) is 7.21. The van der Waals surface area contributed by atoms with Gasteiger partial charge in [-0.25, -0.2) is 0 Å². The Bertz CT molecular complexity index is 552. The average molecular weight is 279 g/mol. The zero-order valence-electron chi connectivity index (χ0n) is 11.1. The highest BCUT2D eigenvalue weighted by molar-refractivity contribution is 7.11. The minimum atomic E-state index is 0.0670. The second-order valence-electron chi connectivity index (χ2n) is 4.75. The van der Waals surface area contributed by atoms with Gasteiger partial charge in [0, 0.05) is 22.8 Å². The van der Waals surface area contributed by atoms with Crippen LogP contribution >= 0.6 is 11.3 Å². The lowest BCUT2D eigenvalue weighted by Crippen LogP contribution is -2.39. The summed E-state index contributed by atoms with van der Waals surface area (Å²) < 4.78 is 10.9. The molecule has 2 aromatic heterocycles. The van der Waals surface area contributed by atoms with Crippen molar-refractivity contribution >= 4 is 11.3 Å². The van der Waals surface area contributed by atoms with E-state index in [1.807, 2.05) is 18.3 Å². The summed E-state index contributed by atoms with van der Waals surface area (Å²) in [5, 5.41) is 3.87. The number of hydrogen-bond acceptors (Lipinski definition) is 6. The van der Waals surface area contributed by atoms with Gasteiger partial charge in [-0.3, -0.25) is 4.90 Å². The van der Waals surface area contributed by atoms with Crippen LogP contribution in [-0.2, 0) is 11.3 Å². The Kier molecular flexibility index (Phi) is 3.63. The minimum absolute atomic E-state index is 0.0670. The van der Waals surface area contributed by atoms with Crippen LogP contribution < -0.4 is 0 Å². The molecule has 3 heterocycles. The van der Waals surface area contributed by atoms with Crippen molar-refractivity contribution in [2.45, 2.75) is 26.4 Å². The van der Waals surface area contributed by atoms with E-state index >= 15 is 0 Å². The number of aryl methyl sites for hydroxylation is 2. The number of aromatic nitrogens is 2. The van der Waals surface area contributed by atoms with Crippen LogP contribution in [-0.4, -0.2) is 34.8 Å². The molecule has 0 aromatic carbocycles. The van der Waals surface area contributed by atoms with Crippen LogP contribution in [0.2, 0.25) is 0 Å². The van der Waals surface area contributed by atoms with Crippen LogP contribution in [0.3, 0.4) is 0 Å². The van der Waals surface area contributed by atoms with Gasteiger partial charge in [-0.05, 0) is 26.0 Å². The van der Waals surface area contributed by atoms with Crippen molar-refractivity contribution in [3.8, 4) is 0 Å². The van der Waals surface area contributed by atoms with Gasteiger partial charge in [0.2, 0.25) is 5.89 Å². The van der Waals surface area contributed by atoms with Gasteiger partial charge in [-0.1, -0.05) is 5.16 Å². The van der Waals surface area contributed by atoms with Crippen molar-refractivity contribution in [3.63, 3.8) is 0 Å². The molecule has 6 heteroatoms. The van der Waals surface area contributed by atoms with Crippen LogP contribution in [0.1, 0.15) is 27.5 Å². The van der Waals surface area contributed by atoms with E-state index in [4.69, 9.17) is 9.26 Å². The highest BCUT2D eigenvalue weighted by Crippen LogP contribution is 2.26. The Labute approximate surface area is 116 Å². The molecule has 0 amide bonds. The number of ether oxygens (including phenoxy) is 1. The van der Waals surface area contributed by atoms with Crippen molar-refractivity contribution in [1.82, 2.24) is 15.0 Å². The third-order valence-corrected chi connectivity index (χ3v) is 4.21. The predicted octanol–water partition coefficient (Wildman–Crippen LogP) is 2.32. The predicted molar refractivity (Wildman–Crippen MR) is 72.1 cm³/mol. The molecule has 5 nitrogen and oxygen atoms in total. The lowest BCUT2D eigenvalue weighted by atomic mass is 10.2. The fourth-order valence-corrected chi connectivity index (χ4v) is 3.19. The van der Waals surface area contributed by atoms with Gasteiger partial charge < -0.3 is 9.26 Å². The molecule has 0 saturated carbocycles. The smallest absolute Gasteiger partial charge is 0.246 e. The quantitative estimate of drug-likeness (QED) is 0.863. The van der Waals surface area contributed by atoms with Crippen molar-refractivity contribution < 1.29 is 9.26 Å². The largest absolute Gasteiger partial charge is 0.378 e. The number of rotatable bonds is 3. The summed E-state index contributed by atoms with van der Waals surface area (Å²) in [7, 11) is 0. The van der Waals surface area contributed by atoms with Gasteiger partial charge in [0.05, 0.1) is 13.2 Å². The van der Waals surface area contributed by atoms with Gasteiger partial charge >= 0.3 is 0 Å². The van der Waals surface area contributed by atoms with E-state index in [2.05, 4.69) is 34.1 Å². The van der Waals surface area contributed by atoms with Gasteiger partial charge in [-0.2, -0.15) is 4.98 Å². The van der Waals surface area contributed by atoms with Crippen LogP contribution in [0.25, 0.3) is 0 Å². The van der Waals surface area contributed by atoms with Gasteiger partial charge in [0.15, 0.2) is 5.82 Å². The first kappa shape index (κ1) is 12.8. The maximum Gasteiger partial charge on any atom is 0.246 e. The van der Waals surface area contributed by atoms with Crippen molar-refractivity contribution in [3.05, 3.63) is 33.6 Å². The fraction of sp³-hybridized carbons (Fsp3) is 0.538. The third-order valence-electron chi connectivity index (χ3n) is 3.22. The van der Waals surface area contributed by atoms with E-state index in [-0.39, 0.29) is 6.04 Å². The topological polar surface area (TPSA) is 51.4 Å². The zero-order chi connectivity index (χ0) is 13.2. The molecule has 1 atom stereocenters. The molecule has 2 aromatic rings. The molecular formula is C13H17N3O2S. The van der Waals surface area contributed by atoms with E-state index in [1.165, 1.54) is 9.75 Å². The average Bonchev–Trinajstić information content (AvgIpc) is 2.99. The highest BCUT2D eigenvalue weighted by Gasteiger charge is 2.29. The van der Waals surface area contributed by atoms with Crippen molar-refractivity contribution in [2.75, 3.05) is 19.8 Å². The highest BCUT2D eigenvalue weighted by atomic mass is 32.1. The Morgan fingerprint density at radius 2 is 2.32 bits per heavy atom. The Morgan fingerprint density at radius 3 is 3.00 bits per heavy atom. The Morgan fingerprint density at radius 1 is 1.42 bits per heavy atom. The second kappa shape index (κ2) is 5.40. The van der Waals surface area contributed by atoms with E-state index < -0.39 is 0 Å². The van der Waals surface area contributed by atoms with Gasteiger partial charge in [0.25, 0.3) is 0 Å². The first-order chi connectivity index (χ1) is 9.22. The number of nitrogens with zero attached hydrogens (tertiary/aromatic N) is 3. The van der Waals surface area contributed by atoms with Crippen LogP contribution in [0, 0.1) is 13.8 Å². The lowest BCUT2D eigenvalue weighted by molar-refractivity contribution is -0.0236. The van der Waals surface area contributed by atoms with E-state index in [9.17, 15) is 0 Å². The van der Waals surface area contributed by atoms with Crippen molar-refractivity contribution in [1.29, 1.82) is 0 Å². The molecule has 3 rings (SSSR count). The SMILES string of the molecule is Cc1noc([C@@H]2COCCN2Cc2ccc(C)s2)n1. The Hall–Kier alpha value is -1.24. The minimum Gasteiger partial charge on any atom is -0.378 e. The van der Waals surface area contributed by atoms with E-state index in [1.54, 1.807) is 0 Å². The molecule has 0 bridgehead atoms. The molecule has 1 fully saturated rings. The molecular weight excluding hydrogens is 262 g/mol. The summed E-state index contributed by atoms with van der Waals surface area (Å²) in [4.78, 5) is 9.39. The first-order valence-electron chi connectivity index (χ1n) is 6.39. The van der Waals surface area contributed by atoms with Crippen LogP contribution in [0.4, 0.5) is 0 Å². The molecule has 19 heavy (non-hydrogen) atoms. The molecule has 0 aliphatic carbocycles. The van der Waals surface area contributed by atoms with E-state index in [0.29, 0.717) is 18.3 Å². The summed E-state index contributed by atoms with van der Waals surface area (Å²) in [6.45, 7) is 7.15. The monoisotopic (exact) mass is 279 g/mol. The Balaban J connectivity index is 1.77. The van der Waals surface area contributed by atoms with Gasteiger partial charge in [0.1, 0.15) is 6.04 Å². The third kappa shape index (κ3) is 2.86. The van der Waals surface area contributed by atoms with Crippen LogP contribution in [0.15, 0.2) is 16.7 Å². The maximum absolute atomic E-state index is 5.55.